The monoisotopic (exact) mass is 302 g/mol. The molecular formula is C16H22N4O2. The molecule has 3 N–H and O–H groups in total. The van der Waals surface area contributed by atoms with E-state index in [4.69, 9.17) is 5.11 Å². The number of aliphatic hydroxyl groups is 1. The highest BCUT2D eigenvalue weighted by Gasteiger charge is 2.11. The number of nitrogens with one attached hydrogen (secondary N) is 2. The quantitative estimate of drug-likeness (QED) is 0.793. The lowest BCUT2D eigenvalue weighted by Gasteiger charge is -2.16. The van der Waals surface area contributed by atoms with E-state index in [1.54, 1.807) is 10.9 Å². The van der Waals surface area contributed by atoms with Gasteiger partial charge < -0.3 is 15.7 Å². The third kappa shape index (κ3) is 4.08. The molecule has 2 aromatic rings. The lowest BCUT2D eigenvalue weighted by molar-refractivity contribution is 0.241. The largest absolute Gasteiger partial charge is 0.396 e. The van der Waals surface area contributed by atoms with Gasteiger partial charge in [0.25, 0.3) is 0 Å². The Balaban J connectivity index is 2.19. The molecule has 2 rings (SSSR count). The van der Waals surface area contributed by atoms with Crippen LogP contribution in [0.25, 0.3) is 5.69 Å². The number of carbonyl (C=O) groups excluding carboxylic acids is 1. The van der Waals surface area contributed by atoms with E-state index in [1.165, 1.54) is 0 Å². The van der Waals surface area contributed by atoms with Crippen LogP contribution in [-0.2, 0) is 0 Å². The molecule has 0 aliphatic heterocycles. The molecule has 0 aliphatic rings. The lowest BCUT2D eigenvalue weighted by Crippen LogP contribution is -2.36. The summed E-state index contributed by atoms with van der Waals surface area (Å²) >= 11 is 0. The summed E-state index contributed by atoms with van der Waals surface area (Å²) in [6.45, 7) is 5.83. The van der Waals surface area contributed by atoms with Crippen LogP contribution in [0.15, 0.2) is 30.6 Å². The molecule has 118 valence electrons. The number of hydrogen-bond acceptors (Lipinski definition) is 3. The highest BCUT2D eigenvalue weighted by molar-refractivity contribution is 5.91. The fourth-order valence-corrected chi connectivity index (χ4v) is 2.14. The van der Waals surface area contributed by atoms with Crippen molar-refractivity contribution in [2.24, 2.45) is 0 Å². The third-order valence-corrected chi connectivity index (χ3v) is 3.30. The van der Waals surface area contributed by atoms with E-state index in [0.717, 1.165) is 16.8 Å². The van der Waals surface area contributed by atoms with Gasteiger partial charge >= 0.3 is 6.03 Å². The van der Waals surface area contributed by atoms with Crippen LogP contribution in [0.1, 0.15) is 24.5 Å². The van der Waals surface area contributed by atoms with Gasteiger partial charge in [0.05, 0.1) is 17.6 Å². The second kappa shape index (κ2) is 7.09. The van der Waals surface area contributed by atoms with Crippen molar-refractivity contribution in [2.45, 2.75) is 33.2 Å². The molecule has 1 aromatic heterocycles. The Hall–Kier alpha value is -2.34. The van der Waals surface area contributed by atoms with E-state index >= 15 is 0 Å². The molecule has 2 amide bonds. The number of benzene rings is 1. The van der Waals surface area contributed by atoms with Crippen molar-refractivity contribution in [2.75, 3.05) is 11.9 Å². The minimum atomic E-state index is -0.295. The summed E-state index contributed by atoms with van der Waals surface area (Å²) in [7, 11) is 0. The predicted octanol–water partition coefficient (Wildman–Crippen LogP) is 2.38. The average molecular weight is 302 g/mol. The number of carbonyl (C=O) groups is 1. The number of aliphatic hydroxyl groups excluding tert-OH is 1. The summed E-state index contributed by atoms with van der Waals surface area (Å²) in [5, 5.41) is 18.8. The maximum absolute atomic E-state index is 12.1. The van der Waals surface area contributed by atoms with Crippen LogP contribution in [-0.4, -0.2) is 33.6 Å². The van der Waals surface area contributed by atoms with Gasteiger partial charge in [-0.05, 0) is 50.5 Å². The van der Waals surface area contributed by atoms with Gasteiger partial charge in [-0.1, -0.05) is 6.07 Å². The molecule has 0 saturated heterocycles. The van der Waals surface area contributed by atoms with Crippen LogP contribution in [0.4, 0.5) is 10.5 Å². The Morgan fingerprint density at radius 3 is 2.77 bits per heavy atom. The SMILES string of the molecule is Cc1ccc(-n2cc(C)cn2)c(NC(=O)N[C@H](C)CCO)c1. The highest BCUT2D eigenvalue weighted by atomic mass is 16.3. The normalized spacial score (nSPS) is 12.0. The highest BCUT2D eigenvalue weighted by Crippen LogP contribution is 2.21. The van der Waals surface area contributed by atoms with Crippen LogP contribution in [0.2, 0.25) is 0 Å². The molecule has 0 unspecified atom stereocenters. The van der Waals surface area contributed by atoms with Crippen molar-refractivity contribution in [3.63, 3.8) is 0 Å². The van der Waals surface area contributed by atoms with Crippen molar-refractivity contribution < 1.29 is 9.90 Å². The van der Waals surface area contributed by atoms with Crippen LogP contribution in [0.5, 0.6) is 0 Å². The number of urea groups is 1. The Kier molecular flexibility index (Phi) is 5.16. The summed E-state index contributed by atoms with van der Waals surface area (Å²) in [6.07, 6.45) is 4.20. The first-order chi connectivity index (χ1) is 10.5. The number of nitrogens with zero attached hydrogens (tertiary/aromatic N) is 2. The van der Waals surface area contributed by atoms with Crippen molar-refractivity contribution in [1.82, 2.24) is 15.1 Å². The second-order valence-corrected chi connectivity index (χ2v) is 5.49. The zero-order chi connectivity index (χ0) is 16.1. The molecule has 1 heterocycles. The van der Waals surface area contributed by atoms with Gasteiger partial charge in [0, 0.05) is 18.8 Å². The molecule has 1 aromatic carbocycles. The van der Waals surface area contributed by atoms with Gasteiger partial charge in [0.2, 0.25) is 0 Å². The Morgan fingerprint density at radius 1 is 1.36 bits per heavy atom. The topological polar surface area (TPSA) is 79.2 Å². The van der Waals surface area contributed by atoms with E-state index in [1.807, 2.05) is 45.2 Å². The van der Waals surface area contributed by atoms with Crippen molar-refractivity contribution in [3.8, 4) is 5.69 Å². The van der Waals surface area contributed by atoms with Crippen molar-refractivity contribution >= 4 is 11.7 Å². The lowest BCUT2D eigenvalue weighted by atomic mass is 10.2. The number of aryl methyl sites for hydroxylation is 2. The molecule has 0 fully saturated rings. The van der Waals surface area contributed by atoms with Crippen LogP contribution < -0.4 is 10.6 Å². The fraction of sp³-hybridized carbons (Fsp3) is 0.375. The molecule has 22 heavy (non-hydrogen) atoms. The third-order valence-electron chi connectivity index (χ3n) is 3.30. The molecule has 0 bridgehead atoms. The van der Waals surface area contributed by atoms with Gasteiger partial charge in [0.1, 0.15) is 0 Å². The standard InChI is InChI=1S/C16H22N4O2/c1-11-4-5-15(20-10-12(2)9-17-20)14(8-11)19-16(22)18-13(3)6-7-21/h4-5,8-10,13,21H,6-7H2,1-3H3,(H2,18,19,22)/t13-/m1/s1. The van der Waals surface area contributed by atoms with E-state index in [9.17, 15) is 4.79 Å². The first-order valence-corrected chi connectivity index (χ1v) is 7.30. The molecule has 6 nitrogen and oxygen atoms in total. The predicted molar refractivity (Wildman–Crippen MR) is 86.4 cm³/mol. The van der Waals surface area contributed by atoms with Gasteiger partial charge in [0.15, 0.2) is 0 Å². The zero-order valence-electron chi connectivity index (χ0n) is 13.1. The second-order valence-electron chi connectivity index (χ2n) is 5.49. The summed E-state index contributed by atoms with van der Waals surface area (Å²) in [4.78, 5) is 12.1. The van der Waals surface area contributed by atoms with Crippen LogP contribution in [0.3, 0.4) is 0 Å². The molecule has 0 aliphatic carbocycles. The van der Waals surface area contributed by atoms with Crippen LogP contribution >= 0.6 is 0 Å². The molecular weight excluding hydrogens is 280 g/mol. The Morgan fingerprint density at radius 2 is 2.14 bits per heavy atom. The number of aromatic nitrogens is 2. The number of hydrogen-bond donors (Lipinski definition) is 3. The Labute approximate surface area is 130 Å². The minimum absolute atomic E-state index is 0.0453. The molecule has 0 saturated carbocycles. The molecule has 6 heteroatoms. The number of anilines is 1. The maximum atomic E-state index is 12.1. The van der Waals surface area contributed by atoms with Crippen molar-refractivity contribution in [1.29, 1.82) is 0 Å². The minimum Gasteiger partial charge on any atom is -0.396 e. The summed E-state index contributed by atoms with van der Waals surface area (Å²) < 4.78 is 1.74. The molecule has 1 atom stereocenters. The molecule has 0 spiro atoms. The van der Waals surface area contributed by atoms with Crippen LogP contribution in [0, 0.1) is 13.8 Å². The zero-order valence-corrected chi connectivity index (χ0v) is 13.1. The van der Waals surface area contributed by atoms with Crippen molar-refractivity contribution in [3.05, 3.63) is 41.7 Å². The molecule has 0 radical (unpaired) electrons. The summed E-state index contributed by atoms with van der Waals surface area (Å²) in [5.74, 6) is 0. The van der Waals surface area contributed by atoms with E-state index < -0.39 is 0 Å². The van der Waals surface area contributed by atoms with Gasteiger partial charge in [-0.2, -0.15) is 5.10 Å². The van der Waals surface area contributed by atoms with E-state index in [2.05, 4.69) is 15.7 Å². The smallest absolute Gasteiger partial charge is 0.319 e. The first-order valence-electron chi connectivity index (χ1n) is 7.30. The summed E-state index contributed by atoms with van der Waals surface area (Å²) in [6, 6.07) is 5.42. The van der Waals surface area contributed by atoms with Gasteiger partial charge in [-0.25, -0.2) is 9.48 Å². The first kappa shape index (κ1) is 16.0. The number of amides is 2. The van der Waals surface area contributed by atoms with E-state index in [-0.39, 0.29) is 18.7 Å². The average Bonchev–Trinajstić information content (AvgIpc) is 2.85. The fourth-order valence-electron chi connectivity index (χ4n) is 2.14. The summed E-state index contributed by atoms with van der Waals surface area (Å²) in [5.41, 5.74) is 3.60. The number of rotatable bonds is 5. The Bertz CT molecular complexity index is 651. The maximum Gasteiger partial charge on any atom is 0.319 e. The van der Waals surface area contributed by atoms with Gasteiger partial charge in [-0.3, -0.25) is 0 Å². The van der Waals surface area contributed by atoms with E-state index in [0.29, 0.717) is 12.1 Å². The van der Waals surface area contributed by atoms with Gasteiger partial charge in [-0.15, -0.1) is 0 Å².